The van der Waals surface area contributed by atoms with Gasteiger partial charge in [-0.25, -0.2) is 9.78 Å². The van der Waals surface area contributed by atoms with Gasteiger partial charge in [0.25, 0.3) is 5.69 Å². The van der Waals surface area contributed by atoms with E-state index >= 15 is 0 Å². The highest BCUT2D eigenvalue weighted by atomic mass is 16.6. The summed E-state index contributed by atoms with van der Waals surface area (Å²) in [6.45, 7) is 1.98. The highest BCUT2D eigenvalue weighted by molar-refractivity contribution is 6.07. The van der Waals surface area contributed by atoms with E-state index in [-0.39, 0.29) is 5.69 Å². The van der Waals surface area contributed by atoms with Gasteiger partial charge in [-0.05, 0) is 53.6 Å². The zero-order chi connectivity index (χ0) is 19.4. The number of aromatic amines is 1. The van der Waals surface area contributed by atoms with Crippen LogP contribution in [0.15, 0.2) is 63.8 Å². The van der Waals surface area contributed by atoms with E-state index in [4.69, 9.17) is 4.42 Å². The molecule has 5 aromatic rings. The molecule has 7 nitrogen and oxygen atoms in total. The van der Waals surface area contributed by atoms with Crippen LogP contribution in [-0.4, -0.2) is 14.9 Å². The second-order valence-corrected chi connectivity index (χ2v) is 6.69. The minimum atomic E-state index is -0.496. The molecule has 0 radical (unpaired) electrons. The van der Waals surface area contributed by atoms with Crippen LogP contribution in [0.4, 0.5) is 5.69 Å². The highest BCUT2D eigenvalue weighted by Gasteiger charge is 2.15. The van der Waals surface area contributed by atoms with Gasteiger partial charge < -0.3 is 9.40 Å². The van der Waals surface area contributed by atoms with Gasteiger partial charge in [0.1, 0.15) is 17.0 Å². The zero-order valence-corrected chi connectivity index (χ0v) is 14.7. The molecule has 3 aromatic carbocycles. The summed E-state index contributed by atoms with van der Waals surface area (Å²) in [4.78, 5) is 30.8. The van der Waals surface area contributed by atoms with Crippen molar-refractivity contribution in [3.63, 3.8) is 0 Å². The molecule has 0 saturated heterocycles. The summed E-state index contributed by atoms with van der Waals surface area (Å²) in [6, 6.07) is 15.5. The molecule has 0 atom stereocenters. The summed E-state index contributed by atoms with van der Waals surface area (Å²) in [6.07, 6.45) is 0. The van der Waals surface area contributed by atoms with E-state index in [9.17, 15) is 14.9 Å². The number of H-pyrrole nitrogens is 1. The first-order chi connectivity index (χ1) is 13.5. The summed E-state index contributed by atoms with van der Waals surface area (Å²) < 4.78 is 5.50. The summed E-state index contributed by atoms with van der Waals surface area (Å²) in [5.74, 6) is 0.426. The Labute approximate surface area is 157 Å². The van der Waals surface area contributed by atoms with Crippen LogP contribution in [0, 0.1) is 17.0 Å². The number of imidazole rings is 1. The Balaban J connectivity index is 1.78. The number of hydrogen-bond acceptors (Lipinski definition) is 5. The maximum Gasteiger partial charge on any atom is 0.347 e. The van der Waals surface area contributed by atoms with Gasteiger partial charge in [-0.1, -0.05) is 12.1 Å². The molecule has 136 valence electrons. The van der Waals surface area contributed by atoms with Crippen molar-refractivity contribution < 1.29 is 9.34 Å². The van der Waals surface area contributed by atoms with Crippen molar-refractivity contribution in [2.75, 3.05) is 0 Å². The van der Waals surface area contributed by atoms with Crippen LogP contribution in [0.5, 0.6) is 0 Å². The molecule has 0 aliphatic heterocycles. The smallest absolute Gasteiger partial charge is 0.347 e. The molecule has 0 fully saturated rings. The quantitative estimate of drug-likeness (QED) is 0.210. The predicted octanol–water partition coefficient (Wildman–Crippen LogP) is 4.71. The largest absolute Gasteiger partial charge is 0.422 e. The second kappa shape index (κ2) is 5.75. The van der Waals surface area contributed by atoms with Gasteiger partial charge in [0.15, 0.2) is 0 Å². The van der Waals surface area contributed by atoms with E-state index in [0.717, 1.165) is 22.0 Å². The maximum atomic E-state index is 12.5. The average Bonchev–Trinajstić information content (AvgIpc) is 3.09. The molecular formula is C21H13N3O4. The van der Waals surface area contributed by atoms with E-state index in [1.54, 1.807) is 24.3 Å². The van der Waals surface area contributed by atoms with Crippen LogP contribution < -0.4 is 5.63 Å². The van der Waals surface area contributed by atoms with Crippen molar-refractivity contribution in [3.8, 4) is 11.4 Å². The molecule has 1 N–H and O–H groups in total. The lowest BCUT2D eigenvalue weighted by Crippen LogP contribution is -2.03. The number of nitro benzene ring substituents is 1. The number of nitro groups is 1. The molecule has 0 aliphatic carbocycles. The molecule has 0 bridgehead atoms. The van der Waals surface area contributed by atoms with Crippen LogP contribution in [0.25, 0.3) is 44.2 Å². The molecule has 0 saturated carbocycles. The fourth-order valence-electron chi connectivity index (χ4n) is 3.45. The Hall–Kier alpha value is -4.00. The van der Waals surface area contributed by atoms with Crippen molar-refractivity contribution in [1.82, 2.24) is 9.97 Å². The minimum absolute atomic E-state index is 0.0112. The van der Waals surface area contributed by atoms with Gasteiger partial charge in [-0.3, -0.25) is 10.1 Å². The molecule has 2 aromatic heterocycles. The number of fused-ring (bicyclic) bond motifs is 4. The predicted molar refractivity (Wildman–Crippen MR) is 106 cm³/mol. The molecule has 0 amide bonds. The van der Waals surface area contributed by atoms with Gasteiger partial charge in [0, 0.05) is 17.5 Å². The minimum Gasteiger partial charge on any atom is -0.422 e. The fraction of sp³-hybridized carbons (Fsp3) is 0.0476. The van der Waals surface area contributed by atoms with Crippen molar-refractivity contribution in [2.45, 2.75) is 6.92 Å². The standard InChI is InChI=1S/C21H13N3O4/c1-11-2-6-17-18(8-11)23-20(22-17)16-10-15-14-5-4-13(24(26)27)9-12(14)3-7-19(15)28-21(16)25/h2-10H,1H3,(H,22,23). The number of non-ortho nitro benzene ring substituents is 1. The zero-order valence-electron chi connectivity index (χ0n) is 14.7. The van der Waals surface area contributed by atoms with Crippen LogP contribution in [0.2, 0.25) is 0 Å². The van der Waals surface area contributed by atoms with E-state index in [0.29, 0.717) is 27.7 Å². The Morgan fingerprint density at radius 1 is 1.04 bits per heavy atom. The Morgan fingerprint density at radius 2 is 1.89 bits per heavy atom. The molecule has 28 heavy (non-hydrogen) atoms. The number of aryl methyl sites for hydroxylation is 1. The van der Waals surface area contributed by atoms with Crippen LogP contribution in [0.3, 0.4) is 0 Å². The molecule has 2 heterocycles. The first-order valence-electron chi connectivity index (χ1n) is 8.61. The topological polar surface area (TPSA) is 102 Å². The number of nitrogens with zero attached hydrogens (tertiary/aromatic N) is 2. The molecule has 0 spiro atoms. The van der Waals surface area contributed by atoms with E-state index < -0.39 is 10.5 Å². The third-order valence-electron chi connectivity index (χ3n) is 4.82. The Kier molecular flexibility index (Phi) is 3.33. The van der Waals surface area contributed by atoms with E-state index in [2.05, 4.69) is 9.97 Å². The molecule has 0 unspecified atom stereocenters. The average molecular weight is 371 g/mol. The van der Waals surface area contributed by atoms with Crippen molar-refractivity contribution in [1.29, 1.82) is 0 Å². The summed E-state index contributed by atoms with van der Waals surface area (Å²) in [5, 5.41) is 13.2. The molecule has 0 aliphatic rings. The number of nitrogens with one attached hydrogen (secondary N) is 1. The van der Waals surface area contributed by atoms with Crippen LogP contribution in [0.1, 0.15) is 5.56 Å². The number of hydrogen-bond donors (Lipinski definition) is 1. The SMILES string of the molecule is Cc1ccc2nc(-c3cc4c(ccc5cc([N+](=O)[O-])ccc54)oc3=O)[nH]c2c1. The van der Waals surface area contributed by atoms with E-state index in [1.807, 2.05) is 25.1 Å². The van der Waals surface area contributed by atoms with Crippen molar-refractivity contribution >= 4 is 38.5 Å². The number of benzene rings is 3. The molecule has 5 rings (SSSR count). The van der Waals surface area contributed by atoms with Crippen LogP contribution in [-0.2, 0) is 0 Å². The number of aromatic nitrogens is 2. The van der Waals surface area contributed by atoms with Gasteiger partial charge in [0.2, 0.25) is 0 Å². The Morgan fingerprint density at radius 3 is 2.71 bits per heavy atom. The summed E-state index contributed by atoms with van der Waals surface area (Å²) in [7, 11) is 0. The number of rotatable bonds is 2. The van der Waals surface area contributed by atoms with Gasteiger partial charge >= 0.3 is 5.63 Å². The monoisotopic (exact) mass is 371 g/mol. The van der Waals surface area contributed by atoms with Gasteiger partial charge in [-0.15, -0.1) is 0 Å². The fourth-order valence-corrected chi connectivity index (χ4v) is 3.45. The molecule has 7 heteroatoms. The van der Waals surface area contributed by atoms with E-state index in [1.165, 1.54) is 12.1 Å². The Bertz CT molecular complexity index is 1480. The van der Waals surface area contributed by atoms with Gasteiger partial charge in [0.05, 0.1) is 16.0 Å². The third-order valence-corrected chi connectivity index (χ3v) is 4.82. The van der Waals surface area contributed by atoms with Crippen molar-refractivity contribution in [3.05, 3.63) is 80.7 Å². The summed E-state index contributed by atoms with van der Waals surface area (Å²) in [5.41, 5.74) is 2.92. The highest BCUT2D eigenvalue weighted by Crippen LogP contribution is 2.30. The summed E-state index contributed by atoms with van der Waals surface area (Å²) >= 11 is 0. The third kappa shape index (κ3) is 2.44. The lowest BCUT2D eigenvalue weighted by atomic mass is 10.0. The van der Waals surface area contributed by atoms with Gasteiger partial charge in [-0.2, -0.15) is 0 Å². The normalized spacial score (nSPS) is 11.5. The first-order valence-corrected chi connectivity index (χ1v) is 8.61. The van der Waals surface area contributed by atoms with Crippen molar-refractivity contribution in [2.24, 2.45) is 0 Å². The lowest BCUT2D eigenvalue weighted by Gasteiger charge is -2.04. The van der Waals surface area contributed by atoms with Crippen LogP contribution >= 0.6 is 0 Å². The maximum absolute atomic E-state index is 12.5. The first kappa shape index (κ1) is 16.2. The lowest BCUT2D eigenvalue weighted by molar-refractivity contribution is -0.384. The second-order valence-electron chi connectivity index (χ2n) is 6.69. The molecular weight excluding hydrogens is 358 g/mol.